The first-order valence-corrected chi connectivity index (χ1v) is 9.41. The van der Waals surface area contributed by atoms with E-state index in [9.17, 15) is 13.6 Å². The van der Waals surface area contributed by atoms with Gasteiger partial charge >= 0.3 is 0 Å². The number of piperidine rings is 1. The highest BCUT2D eigenvalue weighted by molar-refractivity contribution is 5.94. The smallest absolute Gasteiger partial charge is 0.274 e. The minimum absolute atomic E-state index is 0.0337. The third-order valence-electron chi connectivity index (χ3n) is 5.63. The summed E-state index contributed by atoms with van der Waals surface area (Å²) in [6.45, 7) is 4.84. The highest BCUT2D eigenvalue weighted by atomic mass is 19.1. The summed E-state index contributed by atoms with van der Waals surface area (Å²) in [4.78, 5) is 14.7. The molecular formula is C20H23F2N3O2. The number of ether oxygens (including phenoxy) is 1. The Morgan fingerprint density at radius 2 is 1.89 bits per heavy atom. The summed E-state index contributed by atoms with van der Waals surface area (Å²) in [5.41, 5.74) is 2.37. The fourth-order valence-electron chi connectivity index (χ4n) is 4.27. The van der Waals surface area contributed by atoms with Crippen LogP contribution in [0, 0.1) is 11.6 Å². The molecular weight excluding hydrogens is 352 g/mol. The van der Waals surface area contributed by atoms with Gasteiger partial charge < -0.3 is 9.64 Å². The van der Waals surface area contributed by atoms with Gasteiger partial charge in [0.2, 0.25) is 0 Å². The monoisotopic (exact) mass is 375 g/mol. The number of fused-ring (bicyclic) bond motifs is 1. The second kappa shape index (κ2) is 7.03. The first-order chi connectivity index (χ1) is 13.0. The standard InChI is InChI=1S/C20H23F2N3O2/c1-11-10-14-18(12(2)27-11)23-24-19(14)20(26)25-8-6-13(7-9-25)17-15(21)4-3-5-16(17)22/h3-5,11-13H,6-10H2,1-2H3,(H,23,24)/t11-,12+/m1/s1. The first kappa shape index (κ1) is 18.1. The molecule has 1 N–H and O–H groups in total. The van der Waals surface area contributed by atoms with Crippen molar-refractivity contribution in [2.45, 2.75) is 51.2 Å². The van der Waals surface area contributed by atoms with Crippen LogP contribution in [0.15, 0.2) is 18.2 Å². The average Bonchev–Trinajstić information content (AvgIpc) is 3.05. The number of hydrogen-bond acceptors (Lipinski definition) is 3. The lowest BCUT2D eigenvalue weighted by atomic mass is 9.88. The van der Waals surface area contributed by atoms with Gasteiger partial charge in [0.25, 0.3) is 5.91 Å². The maximum atomic E-state index is 14.0. The largest absolute Gasteiger partial charge is 0.369 e. The molecule has 0 unspecified atom stereocenters. The van der Waals surface area contributed by atoms with Crippen molar-refractivity contribution in [2.24, 2.45) is 0 Å². The number of aromatic nitrogens is 2. The first-order valence-electron chi connectivity index (χ1n) is 9.41. The van der Waals surface area contributed by atoms with Crippen LogP contribution in [0.25, 0.3) is 0 Å². The van der Waals surface area contributed by atoms with E-state index in [0.717, 1.165) is 11.3 Å². The minimum Gasteiger partial charge on any atom is -0.369 e. The molecule has 2 aromatic rings. The number of rotatable bonds is 2. The molecule has 0 saturated carbocycles. The molecule has 27 heavy (non-hydrogen) atoms. The van der Waals surface area contributed by atoms with Gasteiger partial charge in [0.15, 0.2) is 5.69 Å². The Bertz CT molecular complexity index is 839. The summed E-state index contributed by atoms with van der Waals surface area (Å²) in [6, 6.07) is 3.95. The number of benzene rings is 1. The molecule has 2 aliphatic heterocycles. The normalized spacial score (nSPS) is 23.3. The number of halogens is 2. The predicted molar refractivity (Wildman–Crippen MR) is 95.5 cm³/mol. The Morgan fingerprint density at radius 3 is 2.56 bits per heavy atom. The third kappa shape index (κ3) is 3.25. The van der Waals surface area contributed by atoms with Crippen LogP contribution < -0.4 is 0 Å². The summed E-state index contributed by atoms with van der Waals surface area (Å²) >= 11 is 0. The van der Waals surface area contributed by atoms with Crippen LogP contribution in [0.3, 0.4) is 0 Å². The minimum atomic E-state index is -0.510. The zero-order chi connectivity index (χ0) is 19.1. The number of nitrogens with zero attached hydrogens (tertiary/aromatic N) is 2. The van der Waals surface area contributed by atoms with Crippen LogP contribution in [0.5, 0.6) is 0 Å². The van der Waals surface area contributed by atoms with E-state index < -0.39 is 11.6 Å². The number of carbonyl (C=O) groups is 1. The van der Waals surface area contributed by atoms with Crippen molar-refractivity contribution in [3.8, 4) is 0 Å². The van der Waals surface area contributed by atoms with Gasteiger partial charge in [0, 0.05) is 30.6 Å². The second-order valence-corrected chi connectivity index (χ2v) is 7.46. The van der Waals surface area contributed by atoms with Crippen molar-refractivity contribution in [1.29, 1.82) is 0 Å². The topological polar surface area (TPSA) is 58.2 Å². The van der Waals surface area contributed by atoms with Gasteiger partial charge in [-0.1, -0.05) is 6.07 Å². The van der Waals surface area contributed by atoms with Crippen molar-refractivity contribution in [3.05, 3.63) is 52.3 Å². The number of amides is 1. The molecule has 5 nitrogen and oxygen atoms in total. The zero-order valence-electron chi connectivity index (χ0n) is 15.5. The number of hydrogen-bond donors (Lipinski definition) is 1. The molecule has 0 aliphatic carbocycles. The molecule has 1 aromatic heterocycles. The average molecular weight is 375 g/mol. The number of carbonyl (C=O) groups excluding carboxylic acids is 1. The van der Waals surface area contributed by atoms with Crippen LogP contribution in [-0.2, 0) is 11.2 Å². The van der Waals surface area contributed by atoms with Crippen molar-refractivity contribution in [2.75, 3.05) is 13.1 Å². The third-order valence-corrected chi connectivity index (χ3v) is 5.63. The zero-order valence-corrected chi connectivity index (χ0v) is 15.5. The SMILES string of the molecule is C[C@@H]1Cc2c(C(=O)N3CCC(c4c(F)cccc4F)CC3)n[nH]c2[C@H](C)O1. The summed E-state index contributed by atoms with van der Waals surface area (Å²) in [5, 5.41) is 7.19. The van der Waals surface area contributed by atoms with E-state index in [2.05, 4.69) is 10.2 Å². The lowest BCUT2D eigenvalue weighted by molar-refractivity contribution is -0.00702. The maximum absolute atomic E-state index is 14.0. The Labute approximate surface area is 156 Å². The van der Waals surface area contributed by atoms with E-state index in [-0.39, 0.29) is 29.6 Å². The van der Waals surface area contributed by atoms with Crippen molar-refractivity contribution < 1.29 is 18.3 Å². The van der Waals surface area contributed by atoms with Crippen LogP contribution in [0.4, 0.5) is 8.78 Å². The molecule has 1 aromatic carbocycles. The fraction of sp³-hybridized carbons (Fsp3) is 0.500. The molecule has 4 rings (SSSR count). The van der Waals surface area contributed by atoms with E-state index in [1.807, 2.05) is 13.8 Å². The number of nitrogens with one attached hydrogen (secondary N) is 1. The van der Waals surface area contributed by atoms with Crippen LogP contribution in [0.1, 0.15) is 66.0 Å². The lowest BCUT2D eigenvalue weighted by Gasteiger charge is -2.32. The summed E-state index contributed by atoms with van der Waals surface area (Å²) in [7, 11) is 0. The molecule has 2 aliphatic rings. The molecule has 2 atom stereocenters. The molecule has 1 fully saturated rings. The highest BCUT2D eigenvalue weighted by Gasteiger charge is 2.33. The second-order valence-electron chi connectivity index (χ2n) is 7.46. The fourth-order valence-corrected chi connectivity index (χ4v) is 4.27. The van der Waals surface area contributed by atoms with E-state index in [0.29, 0.717) is 38.0 Å². The maximum Gasteiger partial charge on any atom is 0.274 e. The molecule has 1 saturated heterocycles. The van der Waals surface area contributed by atoms with Crippen LogP contribution in [-0.4, -0.2) is 40.2 Å². The van der Waals surface area contributed by atoms with E-state index in [1.165, 1.54) is 18.2 Å². The van der Waals surface area contributed by atoms with Gasteiger partial charge in [-0.25, -0.2) is 8.78 Å². The molecule has 0 spiro atoms. The van der Waals surface area contributed by atoms with Crippen molar-refractivity contribution >= 4 is 5.91 Å². The summed E-state index contributed by atoms with van der Waals surface area (Å²) in [5.74, 6) is -1.36. The Kier molecular flexibility index (Phi) is 4.72. The van der Waals surface area contributed by atoms with Gasteiger partial charge in [0.1, 0.15) is 11.6 Å². The lowest BCUT2D eigenvalue weighted by Crippen LogP contribution is -2.39. The molecule has 0 bridgehead atoms. The van der Waals surface area contributed by atoms with Crippen LogP contribution in [0.2, 0.25) is 0 Å². The molecule has 1 amide bonds. The summed E-state index contributed by atoms with van der Waals surface area (Å²) < 4.78 is 33.8. The van der Waals surface area contributed by atoms with Gasteiger partial charge in [-0.15, -0.1) is 0 Å². The quantitative estimate of drug-likeness (QED) is 0.870. The van der Waals surface area contributed by atoms with Gasteiger partial charge in [-0.05, 0) is 44.7 Å². The Hall–Kier alpha value is -2.28. The molecule has 144 valence electrons. The predicted octanol–water partition coefficient (Wildman–Crippen LogP) is 3.73. The van der Waals surface area contributed by atoms with E-state index in [4.69, 9.17) is 4.74 Å². The van der Waals surface area contributed by atoms with E-state index >= 15 is 0 Å². The highest BCUT2D eigenvalue weighted by Crippen LogP contribution is 2.34. The van der Waals surface area contributed by atoms with E-state index in [1.54, 1.807) is 4.90 Å². The molecule has 7 heteroatoms. The van der Waals surface area contributed by atoms with Crippen molar-refractivity contribution in [1.82, 2.24) is 15.1 Å². The van der Waals surface area contributed by atoms with Crippen molar-refractivity contribution in [3.63, 3.8) is 0 Å². The molecule has 3 heterocycles. The van der Waals surface area contributed by atoms with Gasteiger partial charge in [-0.2, -0.15) is 5.10 Å². The number of likely N-dealkylation sites (tertiary alicyclic amines) is 1. The van der Waals surface area contributed by atoms with Gasteiger partial charge in [-0.3, -0.25) is 9.89 Å². The summed E-state index contributed by atoms with van der Waals surface area (Å²) in [6.07, 6.45) is 1.63. The Balaban J connectivity index is 1.49. The Morgan fingerprint density at radius 1 is 1.22 bits per heavy atom. The van der Waals surface area contributed by atoms with Gasteiger partial charge in [0.05, 0.1) is 17.9 Å². The molecule has 0 radical (unpaired) electrons. The number of H-pyrrole nitrogens is 1. The van der Waals surface area contributed by atoms with Crippen LogP contribution >= 0.6 is 0 Å². The number of aromatic amines is 1.